The van der Waals surface area contributed by atoms with Crippen molar-refractivity contribution in [3.05, 3.63) is 35.9 Å². The molecule has 0 aliphatic heterocycles. The minimum Gasteiger partial charge on any atom is -0.456 e. The van der Waals surface area contributed by atoms with E-state index in [2.05, 4.69) is 83.5 Å². The highest BCUT2D eigenvalue weighted by atomic mass is 28.4. The molecule has 1 atom stereocenters. The predicted octanol–water partition coefficient (Wildman–Crippen LogP) is 7.04. The molecule has 0 aromatic heterocycles. The zero-order valence-electron chi connectivity index (χ0n) is 16.2. The minimum atomic E-state index is -1.23. The summed E-state index contributed by atoms with van der Waals surface area (Å²) in [5.41, 5.74) is 1.48. The van der Waals surface area contributed by atoms with Gasteiger partial charge in [-0.2, -0.15) is 0 Å². The smallest absolute Gasteiger partial charge is 0.170 e. The molecule has 22 heavy (non-hydrogen) atoms. The zero-order valence-corrected chi connectivity index (χ0v) is 18.2. The molecule has 0 heterocycles. The van der Waals surface area contributed by atoms with Crippen molar-refractivity contribution >= 4 is 16.6 Å². The van der Waals surface area contributed by atoms with E-state index in [9.17, 15) is 0 Å². The molecule has 1 aromatic rings. The van der Waals surface area contributed by atoms with Crippen LogP contribution < -0.4 is 0 Å². The Morgan fingerprint density at radius 3 is 1.73 bits per heavy atom. The second-order valence-electron chi connectivity index (χ2n) is 8.13. The van der Waals surface area contributed by atoms with Gasteiger partial charge in [0.1, 0.15) is 0 Å². The molecule has 0 aliphatic carbocycles. The van der Waals surface area contributed by atoms with Crippen LogP contribution in [0.5, 0.6) is 0 Å². The molecule has 1 nitrogen and oxygen atoms in total. The van der Waals surface area contributed by atoms with Crippen LogP contribution in [-0.4, -0.2) is 16.6 Å². The summed E-state index contributed by atoms with van der Waals surface area (Å²) >= 11 is 0. The summed E-state index contributed by atoms with van der Waals surface area (Å²) in [4.78, 5) is 0. The number of unbranched alkanes of at least 4 members (excludes halogenated alkanes) is 2. The van der Waals surface area contributed by atoms with E-state index in [0.29, 0.717) is 0 Å². The molecule has 0 saturated heterocycles. The molecular weight excluding hydrogens is 300 g/mol. The van der Waals surface area contributed by atoms with E-state index in [4.69, 9.17) is 4.12 Å². The molecule has 0 amide bonds. The van der Waals surface area contributed by atoms with Gasteiger partial charge in [0.05, 0.1) is 0 Å². The third kappa shape index (κ3) is 13.3. The average Bonchev–Trinajstić information content (AvgIpc) is 2.36. The van der Waals surface area contributed by atoms with Gasteiger partial charge in [0.15, 0.2) is 16.6 Å². The second-order valence-corrected chi connectivity index (χ2v) is 17.4. The van der Waals surface area contributed by atoms with E-state index in [1.54, 1.807) is 0 Å². The maximum Gasteiger partial charge on any atom is 0.170 e. The maximum absolute atomic E-state index is 5.90. The van der Waals surface area contributed by atoms with Crippen molar-refractivity contribution in [3.63, 3.8) is 0 Å². The topological polar surface area (TPSA) is 9.23 Å². The van der Waals surface area contributed by atoms with Crippen molar-refractivity contribution in [2.24, 2.45) is 0 Å². The van der Waals surface area contributed by atoms with Crippen LogP contribution in [0.3, 0.4) is 0 Å². The van der Waals surface area contributed by atoms with Gasteiger partial charge in [-0.3, -0.25) is 0 Å². The molecule has 1 rings (SSSR count). The fourth-order valence-corrected chi connectivity index (χ4v) is 9.92. The zero-order chi connectivity index (χ0) is 17.2. The van der Waals surface area contributed by atoms with Gasteiger partial charge in [0.2, 0.25) is 0 Å². The average molecular weight is 339 g/mol. The van der Waals surface area contributed by atoms with E-state index in [-0.39, 0.29) is 0 Å². The monoisotopic (exact) mass is 338 g/mol. The quantitative estimate of drug-likeness (QED) is 0.382. The van der Waals surface area contributed by atoms with Crippen LogP contribution in [0.25, 0.3) is 0 Å². The highest BCUT2D eigenvalue weighted by Crippen LogP contribution is 2.21. The molecule has 128 valence electrons. The molecule has 0 radical (unpaired) electrons. The molecular formula is C19H38OSi2. The lowest BCUT2D eigenvalue weighted by molar-refractivity contribution is 0.559. The highest BCUT2D eigenvalue weighted by molar-refractivity contribution is 6.83. The fourth-order valence-electron chi connectivity index (χ4n) is 2.57. The van der Waals surface area contributed by atoms with Crippen LogP contribution in [0, 0.1) is 0 Å². The van der Waals surface area contributed by atoms with Gasteiger partial charge in [-0.25, -0.2) is 0 Å². The van der Waals surface area contributed by atoms with Crippen LogP contribution in [0.15, 0.2) is 30.3 Å². The van der Waals surface area contributed by atoms with Gasteiger partial charge in [0, 0.05) is 0 Å². The Bertz CT molecular complexity index is 365. The molecule has 0 saturated carbocycles. The van der Waals surface area contributed by atoms with Crippen molar-refractivity contribution < 1.29 is 4.12 Å². The number of benzene rings is 1. The number of rotatable bonds is 7. The lowest BCUT2D eigenvalue weighted by Crippen LogP contribution is -2.39. The van der Waals surface area contributed by atoms with Crippen molar-refractivity contribution in [1.82, 2.24) is 0 Å². The molecule has 0 aliphatic rings. The van der Waals surface area contributed by atoms with Crippen molar-refractivity contribution in [2.75, 3.05) is 0 Å². The van der Waals surface area contributed by atoms with Crippen LogP contribution in [0.2, 0.25) is 39.3 Å². The Labute approximate surface area is 141 Å². The Balaban J connectivity index is 0.000000433. The first-order valence-electron chi connectivity index (χ1n) is 8.80. The van der Waals surface area contributed by atoms with E-state index in [1.807, 2.05) is 0 Å². The summed E-state index contributed by atoms with van der Waals surface area (Å²) in [5.74, 6) is 0.729. The van der Waals surface area contributed by atoms with Gasteiger partial charge < -0.3 is 4.12 Å². The van der Waals surface area contributed by atoms with Crippen LogP contribution in [0.1, 0.15) is 51.0 Å². The van der Waals surface area contributed by atoms with Crippen LogP contribution >= 0.6 is 0 Å². The van der Waals surface area contributed by atoms with Crippen molar-refractivity contribution in [1.29, 1.82) is 0 Å². The molecule has 0 fully saturated rings. The SMILES string of the molecule is CCCCCC(C)c1ccccc1.C[Si](C)(C)O[Si](C)(C)C. The van der Waals surface area contributed by atoms with Gasteiger partial charge in [-0.15, -0.1) is 0 Å². The Morgan fingerprint density at radius 2 is 1.36 bits per heavy atom. The summed E-state index contributed by atoms with van der Waals surface area (Å²) in [7, 11) is -2.46. The van der Waals surface area contributed by atoms with Crippen LogP contribution in [-0.2, 0) is 4.12 Å². The third-order valence-corrected chi connectivity index (χ3v) is 8.12. The minimum absolute atomic E-state index is 0.729. The first-order chi connectivity index (χ1) is 10.0. The lowest BCUT2D eigenvalue weighted by atomic mass is 9.95. The normalized spacial score (nSPS) is 13.3. The van der Waals surface area contributed by atoms with Crippen molar-refractivity contribution in [2.45, 2.75) is 84.7 Å². The fraction of sp³-hybridized carbons (Fsp3) is 0.684. The first kappa shape index (κ1) is 21.6. The second kappa shape index (κ2) is 10.4. The molecule has 1 unspecified atom stereocenters. The van der Waals surface area contributed by atoms with E-state index < -0.39 is 16.6 Å². The standard InChI is InChI=1S/C13H20.C6H18OSi2/c1-3-4-6-9-12(2)13-10-7-5-8-11-13;1-8(2,3)7-9(4,5)6/h5,7-8,10-12H,3-4,6,9H2,1-2H3;1-6H3. The number of hydrogen-bond acceptors (Lipinski definition) is 1. The molecule has 0 spiro atoms. The lowest BCUT2D eigenvalue weighted by Gasteiger charge is -2.27. The van der Waals surface area contributed by atoms with E-state index in [1.165, 1.54) is 31.2 Å². The molecule has 0 bridgehead atoms. The summed E-state index contributed by atoms with van der Waals surface area (Å²) in [6.45, 7) is 18.0. The molecule has 3 heteroatoms. The Kier molecular flexibility index (Phi) is 10.2. The van der Waals surface area contributed by atoms with E-state index in [0.717, 1.165) is 5.92 Å². The molecule has 1 aromatic carbocycles. The van der Waals surface area contributed by atoms with Crippen LogP contribution in [0.4, 0.5) is 0 Å². The summed E-state index contributed by atoms with van der Waals surface area (Å²) in [5, 5.41) is 0. The highest BCUT2D eigenvalue weighted by Gasteiger charge is 2.24. The summed E-state index contributed by atoms with van der Waals surface area (Å²) in [6.07, 6.45) is 5.39. The van der Waals surface area contributed by atoms with Gasteiger partial charge in [-0.1, -0.05) is 63.4 Å². The Morgan fingerprint density at radius 1 is 0.864 bits per heavy atom. The van der Waals surface area contributed by atoms with Gasteiger partial charge >= 0.3 is 0 Å². The predicted molar refractivity (Wildman–Crippen MR) is 107 cm³/mol. The largest absolute Gasteiger partial charge is 0.456 e. The molecule has 0 N–H and O–H groups in total. The third-order valence-electron chi connectivity index (χ3n) is 3.22. The van der Waals surface area contributed by atoms with E-state index >= 15 is 0 Å². The first-order valence-corrected chi connectivity index (χ1v) is 15.6. The number of hydrogen-bond donors (Lipinski definition) is 0. The summed E-state index contributed by atoms with van der Waals surface area (Å²) in [6, 6.07) is 10.8. The summed E-state index contributed by atoms with van der Waals surface area (Å²) < 4.78 is 5.90. The van der Waals surface area contributed by atoms with Gasteiger partial charge in [0.25, 0.3) is 0 Å². The van der Waals surface area contributed by atoms with Crippen molar-refractivity contribution in [3.8, 4) is 0 Å². The maximum atomic E-state index is 5.90. The van der Waals surface area contributed by atoms with Gasteiger partial charge in [-0.05, 0) is 57.2 Å². The Hall–Kier alpha value is -0.386.